The summed E-state index contributed by atoms with van der Waals surface area (Å²) in [6.07, 6.45) is 3.87. The van der Waals surface area contributed by atoms with Gasteiger partial charge in [0, 0.05) is 36.8 Å². The van der Waals surface area contributed by atoms with Crippen molar-refractivity contribution in [3.05, 3.63) is 23.8 Å². The quantitative estimate of drug-likeness (QED) is 0.562. The lowest BCUT2D eigenvalue weighted by molar-refractivity contribution is -0.123. The monoisotopic (exact) mass is 459 g/mol. The number of nitrogens with zero attached hydrogens (tertiary/aromatic N) is 6. The van der Waals surface area contributed by atoms with Crippen LogP contribution in [0.5, 0.6) is 0 Å². The van der Waals surface area contributed by atoms with Crippen LogP contribution in [0.25, 0.3) is 5.78 Å². The number of fused-ring (bicyclic) bond motifs is 2. The molecule has 0 aliphatic carbocycles. The molecule has 2 N–H and O–H groups in total. The molecule has 2 aromatic rings. The summed E-state index contributed by atoms with van der Waals surface area (Å²) >= 11 is 0. The van der Waals surface area contributed by atoms with Gasteiger partial charge in [-0.25, -0.2) is 4.98 Å². The summed E-state index contributed by atoms with van der Waals surface area (Å²) in [5.74, 6) is 1.01. The Labute approximate surface area is 190 Å². The normalized spacial score (nSPS) is 27.4. The van der Waals surface area contributed by atoms with Gasteiger partial charge < -0.3 is 25.0 Å². The lowest BCUT2D eigenvalue weighted by Gasteiger charge is -2.29. The molecule has 1 spiro atoms. The molecule has 2 aromatic heterocycles. The van der Waals surface area contributed by atoms with E-state index in [0.29, 0.717) is 32.0 Å². The van der Waals surface area contributed by atoms with Crippen molar-refractivity contribution in [3.63, 3.8) is 0 Å². The third kappa shape index (κ3) is 4.27. The van der Waals surface area contributed by atoms with Gasteiger partial charge in [-0.15, -0.1) is 10.2 Å². The number of likely N-dealkylation sites (N-methyl/N-ethyl adjacent to an activating group) is 1. The van der Waals surface area contributed by atoms with Crippen LogP contribution in [0.4, 0.5) is 0 Å². The molecule has 0 radical (unpaired) electrons. The van der Waals surface area contributed by atoms with E-state index in [1.54, 1.807) is 10.6 Å². The molecule has 178 valence electrons. The number of aryl methyl sites for hydroxylation is 1. The first kappa shape index (κ1) is 23.1. The van der Waals surface area contributed by atoms with Crippen LogP contribution in [0.3, 0.4) is 0 Å². The zero-order valence-electron chi connectivity index (χ0n) is 19.0. The second-order valence-corrected chi connectivity index (χ2v) is 9.13. The number of rotatable bonds is 5. The number of carbonyl (C=O) groups is 3. The largest absolute Gasteiger partial charge is 0.483 e. The van der Waals surface area contributed by atoms with Gasteiger partial charge in [-0.2, -0.15) is 0 Å². The molecule has 0 saturated carbocycles. The Kier molecular flexibility index (Phi) is 6.30. The van der Waals surface area contributed by atoms with E-state index in [4.69, 9.17) is 14.6 Å². The number of hydrogen-bond acceptors (Lipinski definition) is 8. The summed E-state index contributed by atoms with van der Waals surface area (Å²) in [4.78, 5) is 41.7. The molecule has 2 amide bonds. The van der Waals surface area contributed by atoms with Crippen molar-refractivity contribution in [2.75, 3.05) is 40.3 Å². The Morgan fingerprint density at radius 1 is 1.39 bits per heavy atom. The number of likely N-dealkylation sites (tertiary alicyclic amines) is 1. The molecule has 3 aliphatic heterocycles. The van der Waals surface area contributed by atoms with Gasteiger partial charge in [0.15, 0.2) is 0 Å². The fourth-order valence-corrected chi connectivity index (χ4v) is 5.35. The first-order valence-corrected chi connectivity index (χ1v) is 10.9. The number of carboxylic acid groups (broad SMARTS) is 1. The Hall–Kier alpha value is -3.12. The van der Waals surface area contributed by atoms with Crippen molar-refractivity contribution >= 4 is 24.1 Å². The van der Waals surface area contributed by atoms with E-state index in [1.165, 1.54) is 0 Å². The second-order valence-electron chi connectivity index (χ2n) is 9.13. The molecular formula is C21H29N7O5. The van der Waals surface area contributed by atoms with Crippen LogP contribution < -0.4 is 5.32 Å². The van der Waals surface area contributed by atoms with Gasteiger partial charge in [0.05, 0.1) is 24.8 Å². The third-order valence-corrected chi connectivity index (χ3v) is 6.68. The van der Waals surface area contributed by atoms with Gasteiger partial charge in [-0.3, -0.25) is 18.8 Å². The highest BCUT2D eigenvalue weighted by Crippen LogP contribution is 2.54. The van der Waals surface area contributed by atoms with Crippen LogP contribution in [-0.4, -0.2) is 105 Å². The van der Waals surface area contributed by atoms with Crippen LogP contribution in [0.1, 0.15) is 29.2 Å². The third-order valence-electron chi connectivity index (χ3n) is 6.68. The second kappa shape index (κ2) is 9.02. The maximum atomic E-state index is 13.2. The summed E-state index contributed by atoms with van der Waals surface area (Å²) in [6.45, 7) is 3.75. The van der Waals surface area contributed by atoms with Crippen molar-refractivity contribution in [1.29, 1.82) is 0 Å². The maximum absolute atomic E-state index is 13.2. The smallest absolute Gasteiger partial charge is 0.292 e. The molecule has 5 rings (SSSR count). The SMILES string of the molecule is Cc1ccn2c(C(=O)N3C[C@@H]4[C@H](CNC(=O)CN(C)C)[C@H]5CC[C@]4(C3)O5)nnc2n1.O=CO. The van der Waals surface area contributed by atoms with Gasteiger partial charge in [0.2, 0.25) is 11.7 Å². The topological polar surface area (TPSA) is 142 Å². The van der Waals surface area contributed by atoms with Crippen molar-refractivity contribution in [2.24, 2.45) is 11.8 Å². The fraction of sp³-hybridized carbons (Fsp3) is 0.619. The Morgan fingerprint density at radius 2 is 2.15 bits per heavy atom. The van der Waals surface area contributed by atoms with E-state index in [1.807, 2.05) is 36.9 Å². The minimum absolute atomic E-state index is 0.0143. The van der Waals surface area contributed by atoms with E-state index >= 15 is 0 Å². The van der Waals surface area contributed by atoms with E-state index < -0.39 is 0 Å². The van der Waals surface area contributed by atoms with E-state index in [2.05, 4.69) is 20.5 Å². The molecule has 12 nitrogen and oxygen atoms in total. The molecule has 4 atom stereocenters. The zero-order valence-corrected chi connectivity index (χ0v) is 19.0. The number of carbonyl (C=O) groups excluding carboxylic acids is 2. The Morgan fingerprint density at radius 3 is 2.88 bits per heavy atom. The summed E-state index contributed by atoms with van der Waals surface area (Å²) < 4.78 is 8.04. The van der Waals surface area contributed by atoms with Crippen LogP contribution in [0.2, 0.25) is 0 Å². The lowest BCUT2D eigenvalue weighted by Crippen LogP contribution is -2.43. The molecule has 2 bridgehead atoms. The molecule has 0 aromatic carbocycles. The number of aromatic nitrogens is 4. The standard InChI is InChI=1S/C20H27N7O3.CH2O2/c1-12-5-7-27-17(23-24-19(27)22-12)18(29)26-9-14-13(8-21-16(28)10-25(2)3)15-4-6-20(14,11-26)30-15;2-1-3/h5,7,13-15H,4,6,8-11H2,1-3H3,(H,21,28);1H,(H,2,3)/t13-,14+,15+,20+;/m0./s1. The minimum Gasteiger partial charge on any atom is -0.483 e. The van der Waals surface area contributed by atoms with Crippen molar-refractivity contribution < 1.29 is 24.2 Å². The van der Waals surface area contributed by atoms with Crippen LogP contribution in [-0.2, 0) is 14.3 Å². The molecule has 3 aliphatic rings. The van der Waals surface area contributed by atoms with Gasteiger partial charge in [0.1, 0.15) is 0 Å². The van der Waals surface area contributed by atoms with Crippen molar-refractivity contribution in [2.45, 2.75) is 31.5 Å². The summed E-state index contributed by atoms with van der Waals surface area (Å²) in [6, 6.07) is 1.83. The molecule has 3 saturated heterocycles. The lowest BCUT2D eigenvalue weighted by atomic mass is 9.73. The first-order chi connectivity index (χ1) is 15.8. The molecule has 12 heteroatoms. The van der Waals surface area contributed by atoms with Gasteiger partial charge in [-0.1, -0.05) is 0 Å². The highest BCUT2D eigenvalue weighted by molar-refractivity contribution is 5.91. The average Bonchev–Trinajstić information content (AvgIpc) is 3.50. The fourth-order valence-electron chi connectivity index (χ4n) is 5.35. The first-order valence-electron chi connectivity index (χ1n) is 10.9. The average molecular weight is 460 g/mol. The van der Waals surface area contributed by atoms with Gasteiger partial charge in [0.25, 0.3) is 18.2 Å². The molecular weight excluding hydrogens is 430 g/mol. The Balaban J connectivity index is 0.000000821. The highest BCUT2D eigenvalue weighted by atomic mass is 16.5. The van der Waals surface area contributed by atoms with Crippen LogP contribution in [0.15, 0.2) is 12.3 Å². The number of amides is 2. The summed E-state index contributed by atoms with van der Waals surface area (Å²) in [7, 11) is 3.75. The number of ether oxygens (including phenoxy) is 1. The molecule has 5 heterocycles. The van der Waals surface area contributed by atoms with Crippen LogP contribution in [0, 0.1) is 18.8 Å². The van der Waals surface area contributed by atoms with Gasteiger partial charge in [-0.05, 0) is 39.9 Å². The Bertz CT molecular complexity index is 1060. The number of hydrogen-bond donors (Lipinski definition) is 2. The van der Waals surface area contributed by atoms with E-state index in [0.717, 1.165) is 18.5 Å². The van der Waals surface area contributed by atoms with Crippen molar-refractivity contribution in [3.8, 4) is 0 Å². The van der Waals surface area contributed by atoms with Gasteiger partial charge >= 0.3 is 0 Å². The molecule has 0 unspecified atom stereocenters. The zero-order chi connectivity index (χ0) is 23.8. The van der Waals surface area contributed by atoms with E-state index in [9.17, 15) is 9.59 Å². The van der Waals surface area contributed by atoms with Crippen molar-refractivity contribution in [1.82, 2.24) is 34.7 Å². The molecule has 33 heavy (non-hydrogen) atoms. The maximum Gasteiger partial charge on any atom is 0.292 e. The predicted octanol–water partition coefficient (Wildman–Crippen LogP) is -0.569. The van der Waals surface area contributed by atoms with Crippen LogP contribution >= 0.6 is 0 Å². The van der Waals surface area contributed by atoms with E-state index in [-0.39, 0.29) is 47.7 Å². The predicted molar refractivity (Wildman–Crippen MR) is 115 cm³/mol. The highest BCUT2D eigenvalue weighted by Gasteiger charge is 2.63. The summed E-state index contributed by atoms with van der Waals surface area (Å²) in [5.41, 5.74) is 0.528. The number of nitrogens with one attached hydrogen (secondary N) is 1. The summed E-state index contributed by atoms with van der Waals surface area (Å²) in [5, 5.41) is 18.1. The molecule has 3 fully saturated rings. The minimum atomic E-state index is -0.299.